The SMILES string of the molecule is NC(=NCc1cccc(-c2ccccn2)c1)N1CCN(c2nccs2)CC1. The summed E-state index contributed by atoms with van der Waals surface area (Å²) in [5, 5.41) is 3.09. The molecular weight excluding hydrogens is 356 g/mol. The molecule has 4 rings (SSSR count). The molecule has 0 saturated carbocycles. The van der Waals surface area contributed by atoms with Crippen LogP contribution >= 0.6 is 11.3 Å². The zero-order valence-electron chi connectivity index (χ0n) is 15.0. The number of guanidine groups is 1. The summed E-state index contributed by atoms with van der Waals surface area (Å²) < 4.78 is 0. The molecule has 1 aliphatic rings. The molecule has 0 atom stereocenters. The lowest BCUT2D eigenvalue weighted by Crippen LogP contribution is -2.51. The van der Waals surface area contributed by atoms with Gasteiger partial charge in [-0.25, -0.2) is 9.98 Å². The lowest BCUT2D eigenvalue weighted by atomic mass is 10.1. The van der Waals surface area contributed by atoms with E-state index < -0.39 is 0 Å². The van der Waals surface area contributed by atoms with E-state index in [2.05, 4.69) is 43.0 Å². The van der Waals surface area contributed by atoms with Gasteiger partial charge in [-0.2, -0.15) is 0 Å². The number of pyridine rings is 1. The molecule has 0 spiro atoms. The average molecular weight is 379 g/mol. The molecule has 27 heavy (non-hydrogen) atoms. The minimum absolute atomic E-state index is 0.569. The summed E-state index contributed by atoms with van der Waals surface area (Å²) in [5.74, 6) is 0.608. The van der Waals surface area contributed by atoms with Gasteiger partial charge in [0.1, 0.15) is 0 Å². The maximum absolute atomic E-state index is 6.24. The number of nitrogens with zero attached hydrogens (tertiary/aromatic N) is 5. The third-order valence-corrected chi connectivity index (χ3v) is 5.44. The van der Waals surface area contributed by atoms with Crippen LogP contribution in [0.4, 0.5) is 5.13 Å². The first kappa shape index (κ1) is 17.5. The van der Waals surface area contributed by atoms with Crippen LogP contribution in [-0.2, 0) is 6.54 Å². The highest BCUT2D eigenvalue weighted by Crippen LogP contribution is 2.20. The zero-order valence-corrected chi connectivity index (χ0v) is 15.8. The Hall–Kier alpha value is -2.93. The Bertz CT molecular complexity index is 886. The van der Waals surface area contributed by atoms with Crippen molar-refractivity contribution in [3.8, 4) is 11.3 Å². The number of anilines is 1. The third-order valence-electron chi connectivity index (χ3n) is 4.60. The van der Waals surface area contributed by atoms with Gasteiger partial charge in [0.15, 0.2) is 11.1 Å². The van der Waals surface area contributed by atoms with Crippen molar-refractivity contribution < 1.29 is 0 Å². The summed E-state index contributed by atoms with van der Waals surface area (Å²) in [7, 11) is 0. The Morgan fingerprint density at radius 1 is 1.04 bits per heavy atom. The van der Waals surface area contributed by atoms with Gasteiger partial charge in [-0.05, 0) is 23.8 Å². The van der Waals surface area contributed by atoms with Crippen LogP contribution in [0.15, 0.2) is 65.2 Å². The second-order valence-electron chi connectivity index (χ2n) is 6.38. The molecular formula is C20H22N6S. The zero-order chi connectivity index (χ0) is 18.5. The molecule has 1 aromatic carbocycles. The molecule has 3 heterocycles. The monoisotopic (exact) mass is 378 g/mol. The van der Waals surface area contributed by atoms with Crippen LogP contribution in [0, 0.1) is 0 Å². The fraction of sp³-hybridized carbons (Fsp3) is 0.250. The molecule has 138 valence electrons. The number of piperazine rings is 1. The van der Waals surface area contributed by atoms with E-state index in [0.717, 1.165) is 48.1 Å². The van der Waals surface area contributed by atoms with Gasteiger partial charge in [0.05, 0.1) is 12.2 Å². The first-order chi connectivity index (χ1) is 13.3. The maximum Gasteiger partial charge on any atom is 0.191 e. The van der Waals surface area contributed by atoms with Crippen molar-refractivity contribution in [3.63, 3.8) is 0 Å². The summed E-state index contributed by atoms with van der Waals surface area (Å²) in [4.78, 5) is 17.8. The lowest BCUT2D eigenvalue weighted by molar-refractivity contribution is 0.380. The summed E-state index contributed by atoms with van der Waals surface area (Å²) >= 11 is 1.68. The van der Waals surface area contributed by atoms with Crippen molar-refractivity contribution in [2.75, 3.05) is 31.1 Å². The van der Waals surface area contributed by atoms with E-state index in [1.165, 1.54) is 0 Å². The van der Waals surface area contributed by atoms with Gasteiger partial charge in [-0.1, -0.05) is 24.3 Å². The predicted molar refractivity (Wildman–Crippen MR) is 111 cm³/mol. The molecule has 1 aliphatic heterocycles. The normalized spacial score (nSPS) is 15.2. The molecule has 2 N–H and O–H groups in total. The highest BCUT2D eigenvalue weighted by atomic mass is 32.1. The fourth-order valence-corrected chi connectivity index (χ4v) is 3.83. The van der Waals surface area contributed by atoms with Gasteiger partial charge in [0, 0.05) is 49.5 Å². The number of hydrogen-bond acceptors (Lipinski definition) is 5. The Balaban J connectivity index is 1.37. The number of nitrogens with two attached hydrogens (primary N) is 1. The fourth-order valence-electron chi connectivity index (χ4n) is 3.13. The number of benzene rings is 1. The molecule has 0 bridgehead atoms. The number of rotatable bonds is 4. The van der Waals surface area contributed by atoms with Crippen LogP contribution in [0.25, 0.3) is 11.3 Å². The van der Waals surface area contributed by atoms with Crippen molar-refractivity contribution >= 4 is 22.4 Å². The van der Waals surface area contributed by atoms with Crippen molar-refractivity contribution in [1.82, 2.24) is 14.9 Å². The molecule has 0 amide bonds. The molecule has 3 aromatic rings. The largest absolute Gasteiger partial charge is 0.370 e. The van der Waals surface area contributed by atoms with Gasteiger partial charge in [-0.15, -0.1) is 11.3 Å². The summed E-state index contributed by atoms with van der Waals surface area (Å²) in [6.45, 7) is 4.13. The lowest BCUT2D eigenvalue weighted by Gasteiger charge is -2.35. The molecule has 2 aromatic heterocycles. The van der Waals surface area contributed by atoms with Crippen LogP contribution in [0.3, 0.4) is 0 Å². The van der Waals surface area contributed by atoms with Crippen LogP contribution < -0.4 is 10.6 Å². The second-order valence-corrected chi connectivity index (χ2v) is 7.25. The molecule has 0 unspecified atom stereocenters. The molecule has 7 heteroatoms. The minimum atomic E-state index is 0.569. The molecule has 0 aliphatic carbocycles. The van der Waals surface area contributed by atoms with Crippen molar-refractivity contribution in [2.24, 2.45) is 10.7 Å². The van der Waals surface area contributed by atoms with Crippen LogP contribution in [-0.4, -0.2) is 47.0 Å². The summed E-state index contributed by atoms with van der Waals surface area (Å²) in [6, 6.07) is 14.2. The first-order valence-corrected chi connectivity index (χ1v) is 9.87. The van der Waals surface area contributed by atoms with E-state index in [9.17, 15) is 0 Å². The predicted octanol–water partition coefficient (Wildman–Crippen LogP) is 2.84. The van der Waals surface area contributed by atoms with Crippen LogP contribution in [0.1, 0.15) is 5.56 Å². The van der Waals surface area contributed by atoms with Gasteiger partial charge in [-0.3, -0.25) is 4.98 Å². The average Bonchev–Trinajstić information content (AvgIpc) is 3.28. The van der Waals surface area contributed by atoms with E-state index in [1.807, 2.05) is 42.0 Å². The Kier molecular flexibility index (Phi) is 5.29. The van der Waals surface area contributed by atoms with Crippen molar-refractivity contribution in [1.29, 1.82) is 0 Å². The van der Waals surface area contributed by atoms with Crippen molar-refractivity contribution in [3.05, 3.63) is 65.8 Å². The molecule has 6 nitrogen and oxygen atoms in total. The highest BCUT2D eigenvalue weighted by Gasteiger charge is 2.19. The number of aromatic nitrogens is 2. The Morgan fingerprint density at radius 2 is 1.93 bits per heavy atom. The summed E-state index contributed by atoms with van der Waals surface area (Å²) in [5.41, 5.74) is 9.43. The number of hydrogen-bond donors (Lipinski definition) is 1. The van der Waals surface area contributed by atoms with E-state index in [-0.39, 0.29) is 0 Å². The van der Waals surface area contributed by atoms with Gasteiger partial charge >= 0.3 is 0 Å². The smallest absolute Gasteiger partial charge is 0.191 e. The highest BCUT2D eigenvalue weighted by molar-refractivity contribution is 7.13. The quantitative estimate of drug-likeness (QED) is 0.558. The standard InChI is InChI=1S/C20H22N6S/c21-19(25-9-11-26(12-10-25)20-23-8-13-27-20)24-15-16-4-3-5-17(14-16)18-6-1-2-7-22-18/h1-8,13-14H,9-12,15H2,(H2,21,24). The van der Waals surface area contributed by atoms with E-state index in [4.69, 9.17) is 5.73 Å². The Labute approximate surface area is 163 Å². The van der Waals surface area contributed by atoms with Crippen LogP contribution in [0.2, 0.25) is 0 Å². The maximum atomic E-state index is 6.24. The summed E-state index contributed by atoms with van der Waals surface area (Å²) in [6.07, 6.45) is 3.66. The van der Waals surface area contributed by atoms with E-state index in [1.54, 1.807) is 11.3 Å². The second kappa shape index (κ2) is 8.18. The van der Waals surface area contributed by atoms with E-state index in [0.29, 0.717) is 12.5 Å². The Morgan fingerprint density at radius 3 is 2.67 bits per heavy atom. The minimum Gasteiger partial charge on any atom is -0.370 e. The van der Waals surface area contributed by atoms with Gasteiger partial charge in [0.25, 0.3) is 0 Å². The molecule has 1 fully saturated rings. The molecule has 0 radical (unpaired) electrons. The van der Waals surface area contributed by atoms with Crippen molar-refractivity contribution in [2.45, 2.75) is 6.54 Å². The van der Waals surface area contributed by atoms with Gasteiger partial charge < -0.3 is 15.5 Å². The topological polar surface area (TPSA) is 70.6 Å². The van der Waals surface area contributed by atoms with Gasteiger partial charge in [0.2, 0.25) is 0 Å². The third kappa shape index (κ3) is 4.25. The number of thiazole rings is 1. The molecule has 1 saturated heterocycles. The van der Waals surface area contributed by atoms with Crippen LogP contribution in [0.5, 0.6) is 0 Å². The first-order valence-electron chi connectivity index (χ1n) is 8.99. The number of aliphatic imine (C=N–C) groups is 1. The van der Waals surface area contributed by atoms with E-state index >= 15 is 0 Å².